The fourth-order valence-corrected chi connectivity index (χ4v) is 2.56. The van der Waals surface area contributed by atoms with Crippen molar-refractivity contribution >= 4 is 17.4 Å². The quantitative estimate of drug-likeness (QED) is 0.493. The molecule has 0 heterocycles. The summed E-state index contributed by atoms with van der Waals surface area (Å²) < 4.78 is 0. The zero-order valence-electron chi connectivity index (χ0n) is 5.85. The Morgan fingerprint density at radius 1 is 1.40 bits per heavy atom. The van der Waals surface area contributed by atoms with Gasteiger partial charge in [-0.15, -0.1) is 11.6 Å². The van der Waals surface area contributed by atoms with Gasteiger partial charge in [0.2, 0.25) is 0 Å². The van der Waals surface area contributed by atoms with Crippen LogP contribution in [-0.2, 0) is 4.79 Å². The van der Waals surface area contributed by atoms with Crippen molar-refractivity contribution in [2.24, 2.45) is 11.8 Å². The van der Waals surface area contributed by atoms with Crippen molar-refractivity contribution in [3.8, 4) is 0 Å². The number of carbonyl (C=O) groups is 1. The van der Waals surface area contributed by atoms with Crippen molar-refractivity contribution in [2.75, 3.05) is 0 Å². The Morgan fingerprint density at radius 2 is 2.20 bits per heavy atom. The molecule has 3 rings (SSSR count). The summed E-state index contributed by atoms with van der Waals surface area (Å²) in [4.78, 5) is 11.1. The molecule has 0 aromatic heterocycles. The van der Waals surface area contributed by atoms with Gasteiger partial charge in [-0.1, -0.05) is 0 Å². The van der Waals surface area contributed by atoms with Gasteiger partial charge in [-0.2, -0.15) is 0 Å². The number of alkyl halides is 1. The molecule has 56 valence electrons. The SMILES string of the molecule is O=C1C[C@@H]2CC[C@H]1C[C@H]2Cl. The van der Waals surface area contributed by atoms with E-state index in [1.165, 1.54) is 6.42 Å². The molecule has 2 bridgehead atoms. The van der Waals surface area contributed by atoms with Gasteiger partial charge in [0, 0.05) is 17.7 Å². The molecule has 2 heteroatoms. The average molecular weight is 159 g/mol. The molecule has 0 amide bonds. The van der Waals surface area contributed by atoms with E-state index in [0.717, 1.165) is 19.3 Å². The summed E-state index contributed by atoms with van der Waals surface area (Å²) in [6, 6.07) is 0. The number of halogens is 1. The van der Waals surface area contributed by atoms with Gasteiger partial charge in [0.15, 0.2) is 0 Å². The molecule has 0 aromatic rings. The van der Waals surface area contributed by atoms with Crippen LogP contribution in [0.4, 0.5) is 0 Å². The van der Waals surface area contributed by atoms with Crippen LogP contribution in [0.15, 0.2) is 0 Å². The van der Waals surface area contributed by atoms with E-state index in [0.29, 0.717) is 23.0 Å². The Bertz CT molecular complexity index is 167. The second-order valence-electron chi connectivity index (χ2n) is 3.46. The number of rotatable bonds is 0. The van der Waals surface area contributed by atoms with Crippen LogP contribution >= 0.6 is 11.6 Å². The van der Waals surface area contributed by atoms with Crippen LogP contribution < -0.4 is 0 Å². The lowest BCUT2D eigenvalue weighted by Crippen LogP contribution is -2.38. The lowest BCUT2D eigenvalue weighted by molar-refractivity contribution is -0.128. The van der Waals surface area contributed by atoms with Crippen molar-refractivity contribution in [3.05, 3.63) is 0 Å². The molecule has 0 unspecified atom stereocenters. The molecule has 1 nitrogen and oxygen atoms in total. The molecule has 10 heavy (non-hydrogen) atoms. The van der Waals surface area contributed by atoms with Crippen LogP contribution in [0, 0.1) is 11.8 Å². The minimum atomic E-state index is 0.302. The maximum atomic E-state index is 11.1. The van der Waals surface area contributed by atoms with Gasteiger partial charge in [0.05, 0.1) is 0 Å². The molecule has 3 saturated carbocycles. The monoisotopic (exact) mass is 158 g/mol. The van der Waals surface area contributed by atoms with Crippen LogP contribution in [0.25, 0.3) is 0 Å². The number of ketones is 1. The Kier molecular flexibility index (Phi) is 1.48. The summed E-state index contributed by atoms with van der Waals surface area (Å²) in [7, 11) is 0. The average Bonchev–Trinajstić information content (AvgIpc) is 1.91. The Balaban J connectivity index is 2.16. The Hall–Kier alpha value is -0.0400. The van der Waals surface area contributed by atoms with E-state index >= 15 is 0 Å². The van der Waals surface area contributed by atoms with Crippen LogP contribution in [0.2, 0.25) is 0 Å². The molecule has 0 aromatic carbocycles. The smallest absolute Gasteiger partial charge is 0.136 e. The zero-order chi connectivity index (χ0) is 7.14. The third-order valence-corrected chi connectivity index (χ3v) is 3.36. The molecular weight excluding hydrogens is 148 g/mol. The third-order valence-electron chi connectivity index (χ3n) is 2.83. The first-order chi connectivity index (χ1) is 4.77. The molecule has 3 aliphatic carbocycles. The number of hydrogen-bond donors (Lipinski definition) is 0. The van der Waals surface area contributed by atoms with E-state index in [-0.39, 0.29) is 0 Å². The van der Waals surface area contributed by atoms with Crippen molar-refractivity contribution in [1.82, 2.24) is 0 Å². The summed E-state index contributed by atoms with van der Waals surface area (Å²) in [6.45, 7) is 0. The summed E-state index contributed by atoms with van der Waals surface area (Å²) in [5, 5.41) is 0.302. The first-order valence-electron chi connectivity index (χ1n) is 3.94. The van der Waals surface area contributed by atoms with E-state index in [4.69, 9.17) is 11.6 Å². The molecule has 0 radical (unpaired) electrons. The highest BCUT2D eigenvalue weighted by molar-refractivity contribution is 6.21. The summed E-state index contributed by atoms with van der Waals surface area (Å²) in [5.41, 5.74) is 0. The summed E-state index contributed by atoms with van der Waals surface area (Å²) in [6.07, 6.45) is 4.00. The molecule has 0 spiro atoms. The predicted molar refractivity (Wildman–Crippen MR) is 40.1 cm³/mol. The zero-order valence-corrected chi connectivity index (χ0v) is 6.60. The molecule has 3 fully saturated rings. The summed E-state index contributed by atoms with van der Waals surface area (Å²) in [5.74, 6) is 1.31. The topological polar surface area (TPSA) is 17.1 Å². The molecular formula is C8H11ClO. The van der Waals surface area contributed by atoms with E-state index in [2.05, 4.69) is 0 Å². The van der Waals surface area contributed by atoms with Crippen LogP contribution in [-0.4, -0.2) is 11.2 Å². The highest BCUT2D eigenvalue weighted by atomic mass is 35.5. The first kappa shape index (κ1) is 6.66. The van der Waals surface area contributed by atoms with Crippen molar-refractivity contribution < 1.29 is 4.79 Å². The first-order valence-corrected chi connectivity index (χ1v) is 4.38. The molecule has 3 aliphatic rings. The minimum absolute atomic E-state index is 0.302. The highest BCUT2D eigenvalue weighted by Crippen LogP contribution is 2.41. The molecule has 0 aliphatic heterocycles. The van der Waals surface area contributed by atoms with E-state index in [1.54, 1.807) is 0 Å². The second kappa shape index (κ2) is 2.23. The maximum absolute atomic E-state index is 11.1. The van der Waals surface area contributed by atoms with Crippen molar-refractivity contribution in [3.63, 3.8) is 0 Å². The molecule has 0 N–H and O–H groups in total. The molecule has 0 saturated heterocycles. The van der Waals surface area contributed by atoms with Gasteiger partial charge in [0.1, 0.15) is 5.78 Å². The Morgan fingerprint density at radius 3 is 2.50 bits per heavy atom. The van der Waals surface area contributed by atoms with Gasteiger partial charge in [-0.25, -0.2) is 0 Å². The molecule has 3 atom stereocenters. The number of hydrogen-bond acceptors (Lipinski definition) is 1. The van der Waals surface area contributed by atoms with E-state index in [1.807, 2.05) is 0 Å². The van der Waals surface area contributed by atoms with Crippen LogP contribution in [0.3, 0.4) is 0 Å². The van der Waals surface area contributed by atoms with E-state index < -0.39 is 0 Å². The van der Waals surface area contributed by atoms with Crippen LogP contribution in [0.5, 0.6) is 0 Å². The largest absolute Gasteiger partial charge is 0.299 e. The number of fused-ring (bicyclic) bond motifs is 3. The fraction of sp³-hybridized carbons (Fsp3) is 0.875. The number of carbonyl (C=O) groups excluding carboxylic acids is 1. The van der Waals surface area contributed by atoms with Gasteiger partial charge in [-0.3, -0.25) is 4.79 Å². The van der Waals surface area contributed by atoms with Crippen molar-refractivity contribution in [1.29, 1.82) is 0 Å². The Labute approximate surface area is 65.7 Å². The standard InChI is InChI=1S/C8H11ClO/c9-7-3-6-2-1-5(7)4-8(6)10/h5-7H,1-4H2/t5-,6-,7+/m0/s1. The summed E-state index contributed by atoms with van der Waals surface area (Å²) >= 11 is 6.03. The lowest BCUT2D eigenvalue weighted by atomic mass is 9.70. The van der Waals surface area contributed by atoms with Gasteiger partial charge < -0.3 is 0 Å². The highest BCUT2D eigenvalue weighted by Gasteiger charge is 2.39. The lowest BCUT2D eigenvalue weighted by Gasteiger charge is -2.38. The van der Waals surface area contributed by atoms with Gasteiger partial charge in [-0.05, 0) is 25.2 Å². The maximum Gasteiger partial charge on any atom is 0.136 e. The van der Waals surface area contributed by atoms with E-state index in [9.17, 15) is 4.79 Å². The van der Waals surface area contributed by atoms with Crippen molar-refractivity contribution in [2.45, 2.75) is 31.1 Å². The van der Waals surface area contributed by atoms with Gasteiger partial charge >= 0.3 is 0 Å². The third kappa shape index (κ3) is 0.878. The fourth-order valence-electron chi connectivity index (χ4n) is 2.13. The van der Waals surface area contributed by atoms with Crippen LogP contribution in [0.1, 0.15) is 25.7 Å². The normalized spacial score (nSPS) is 46.1. The van der Waals surface area contributed by atoms with Gasteiger partial charge in [0.25, 0.3) is 0 Å². The predicted octanol–water partition coefficient (Wildman–Crippen LogP) is 1.98. The number of Topliss-reactive ketones (excluding diaryl/α,β-unsaturated/α-hetero) is 1. The second-order valence-corrected chi connectivity index (χ2v) is 4.02. The minimum Gasteiger partial charge on any atom is -0.299 e.